The minimum atomic E-state index is -1.28. The van der Waals surface area contributed by atoms with Gasteiger partial charge in [-0.1, -0.05) is 0 Å². The maximum Gasteiger partial charge on any atom is 0.340 e. The third-order valence-corrected chi connectivity index (χ3v) is 9.38. The molecule has 9 nitrogen and oxygen atoms in total. The number of terminal acetylenes is 1. The van der Waals surface area contributed by atoms with Gasteiger partial charge in [-0.2, -0.15) is 0 Å². The fourth-order valence-electron chi connectivity index (χ4n) is 6.02. The molecule has 0 fully saturated rings. The van der Waals surface area contributed by atoms with Crippen LogP contribution >= 0.6 is 11.3 Å². The lowest BCUT2D eigenvalue weighted by Gasteiger charge is -2.37. The number of carbonyl (C=O) groups is 2. The van der Waals surface area contributed by atoms with Crippen LogP contribution in [0.25, 0.3) is 10.2 Å². The number of esters is 1. The number of nitrogens with one attached hydrogen (secondary N) is 1. The molecule has 0 atom stereocenters. The molecular formula is C37H32N4O5S. The number of rotatable bonds is 8. The topological polar surface area (TPSA) is 93.2 Å². The maximum absolute atomic E-state index is 13.4. The van der Waals surface area contributed by atoms with Gasteiger partial charge in [-0.05, 0) is 73.0 Å². The van der Waals surface area contributed by atoms with Crippen LogP contribution in [0.15, 0.2) is 72.8 Å². The number of hydrogen-bond donors (Lipinski definition) is 1. The highest BCUT2D eigenvalue weighted by Crippen LogP contribution is 2.57. The Morgan fingerprint density at radius 2 is 1.64 bits per heavy atom. The average Bonchev–Trinajstić information content (AvgIpc) is 3.62. The van der Waals surface area contributed by atoms with Crippen molar-refractivity contribution in [2.45, 2.75) is 12.0 Å². The number of carbonyl (C=O) groups excluding carboxylic acids is 2. The number of nitrogens with zero attached hydrogens (tertiary/aromatic N) is 3. The molecule has 1 spiro atoms. The van der Waals surface area contributed by atoms with Crippen molar-refractivity contribution in [3.05, 3.63) is 106 Å². The second-order valence-corrected chi connectivity index (χ2v) is 12.9. The SMILES string of the molecule is C#Cc1nc2ccc(OCCCNC(=O)c3ccc4c(c3)C3(OC4=O)c4ccc(N(C)C)cc4Oc4cc(N(C)C)ccc43)cc2s1. The minimum absolute atomic E-state index is 0.256. The number of hydrogen-bond acceptors (Lipinski definition) is 9. The molecule has 236 valence electrons. The van der Waals surface area contributed by atoms with Gasteiger partial charge >= 0.3 is 5.97 Å². The molecular weight excluding hydrogens is 612 g/mol. The van der Waals surface area contributed by atoms with Crippen LogP contribution < -0.4 is 24.6 Å². The molecule has 0 saturated heterocycles. The second kappa shape index (κ2) is 11.7. The van der Waals surface area contributed by atoms with Gasteiger partial charge in [0.05, 0.1) is 22.4 Å². The van der Waals surface area contributed by atoms with Gasteiger partial charge in [0.2, 0.25) is 0 Å². The van der Waals surface area contributed by atoms with Gasteiger partial charge in [0, 0.05) is 80.5 Å². The van der Waals surface area contributed by atoms with Crippen LogP contribution in [0.3, 0.4) is 0 Å². The van der Waals surface area contributed by atoms with E-state index in [2.05, 4.69) is 16.2 Å². The summed E-state index contributed by atoms with van der Waals surface area (Å²) >= 11 is 1.44. The van der Waals surface area contributed by atoms with Crippen LogP contribution in [0.2, 0.25) is 0 Å². The van der Waals surface area contributed by atoms with Crippen molar-refractivity contribution < 1.29 is 23.8 Å². The number of thiazole rings is 1. The summed E-state index contributed by atoms with van der Waals surface area (Å²) in [6.07, 6.45) is 6.07. The summed E-state index contributed by atoms with van der Waals surface area (Å²) in [7, 11) is 7.82. The van der Waals surface area contributed by atoms with Gasteiger partial charge in [0.15, 0.2) is 10.6 Å². The zero-order chi connectivity index (χ0) is 32.9. The number of fused-ring (bicyclic) bond motifs is 7. The van der Waals surface area contributed by atoms with E-state index in [1.165, 1.54) is 11.3 Å². The second-order valence-electron chi connectivity index (χ2n) is 11.8. The number of benzene rings is 4. The minimum Gasteiger partial charge on any atom is -0.493 e. The van der Waals surface area contributed by atoms with Crippen LogP contribution in [-0.2, 0) is 10.3 Å². The molecule has 1 N–H and O–H groups in total. The van der Waals surface area contributed by atoms with Crippen molar-refractivity contribution in [2.24, 2.45) is 0 Å². The highest BCUT2D eigenvalue weighted by Gasteiger charge is 2.54. The number of anilines is 2. The predicted molar refractivity (Wildman–Crippen MR) is 183 cm³/mol. The first-order chi connectivity index (χ1) is 22.7. The molecule has 4 aromatic carbocycles. The van der Waals surface area contributed by atoms with Crippen molar-refractivity contribution in [3.8, 4) is 29.6 Å². The maximum atomic E-state index is 13.4. The molecule has 1 aromatic heterocycles. The summed E-state index contributed by atoms with van der Waals surface area (Å²) < 4.78 is 19.7. The highest BCUT2D eigenvalue weighted by molar-refractivity contribution is 7.19. The normalized spacial score (nSPS) is 13.6. The summed E-state index contributed by atoms with van der Waals surface area (Å²) in [5.74, 6) is 3.74. The summed E-state index contributed by atoms with van der Waals surface area (Å²) in [5, 5.41) is 3.62. The van der Waals surface area contributed by atoms with Crippen molar-refractivity contribution in [1.82, 2.24) is 10.3 Å². The monoisotopic (exact) mass is 644 g/mol. The van der Waals surface area contributed by atoms with E-state index in [4.69, 9.17) is 20.6 Å². The van der Waals surface area contributed by atoms with Gasteiger partial charge in [0.1, 0.15) is 17.2 Å². The van der Waals surface area contributed by atoms with Crippen molar-refractivity contribution >= 4 is 44.8 Å². The number of amides is 1. The molecule has 10 heteroatoms. The molecule has 0 aliphatic carbocycles. The molecule has 7 rings (SSSR count). The lowest BCUT2D eigenvalue weighted by atomic mass is 9.77. The zero-order valence-electron chi connectivity index (χ0n) is 26.4. The molecule has 2 aliphatic heterocycles. The van der Waals surface area contributed by atoms with Gasteiger partial charge < -0.3 is 29.3 Å². The van der Waals surface area contributed by atoms with E-state index < -0.39 is 11.6 Å². The van der Waals surface area contributed by atoms with E-state index in [0.29, 0.717) is 63.9 Å². The molecule has 0 bridgehead atoms. The Bertz CT molecular complexity index is 2050. The summed E-state index contributed by atoms with van der Waals surface area (Å²) in [6, 6.07) is 22.4. The van der Waals surface area contributed by atoms with E-state index >= 15 is 0 Å². The molecule has 5 aromatic rings. The average molecular weight is 645 g/mol. The van der Waals surface area contributed by atoms with Crippen LogP contribution in [0.4, 0.5) is 11.4 Å². The largest absolute Gasteiger partial charge is 0.493 e. The smallest absolute Gasteiger partial charge is 0.340 e. The Hall–Kier alpha value is -5.53. The Morgan fingerprint density at radius 1 is 0.936 bits per heavy atom. The highest BCUT2D eigenvalue weighted by atomic mass is 32.1. The Kier molecular flexibility index (Phi) is 7.49. The molecule has 3 heterocycles. The van der Waals surface area contributed by atoms with Crippen LogP contribution in [-0.4, -0.2) is 58.2 Å². The van der Waals surface area contributed by atoms with Crippen molar-refractivity contribution in [1.29, 1.82) is 0 Å². The first-order valence-electron chi connectivity index (χ1n) is 15.2. The molecule has 2 aliphatic rings. The summed E-state index contributed by atoms with van der Waals surface area (Å²) in [6.45, 7) is 0.820. The first-order valence-corrected chi connectivity index (χ1v) is 16.0. The lowest BCUT2D eigenvalue weighted by Crippen LogP contribution is -2.33. The van der Waals surface area contributed by atoms with Crippen LogP contribution in [0.5, 0.6) is 17.2 Å². The Labute approximate surface area is 276 Å². The van der Waals surface area contributed by atoms with Gasteiger partial charge in [-0.25, -0.2) is 9.78 Å². The van der Waals surface area contributed by atoms with Crippen LogP contribution in [0.1, 0.15) is 48.8 Å². The van der Waals surface area contributed by atoms with Crippen LogP contribution in [0, 0.1) is 12.3 Å². The molecule has 0 unspecified atom stereocenters. The molecule has 0 radical (unpaired) electrons. The number of aromatic nitrogens is 1. The molecule has 1 amide bonds. The third-order valence-electron chi connectivity index (χ3n) is 8.43. The summed E-state index contributed by atoms with van der Waals surface area (Å²) in [4.78, 5) is 35.2. The molecule has 47 heavy (non-hydrogen) atoms. The van der Waals surface area contributed by atoms with Gasteiger partial charge in [-0.3, -0.25) is 4.79 Å². The van der Waals surface area contributed by atoms with E-state index in [9.17, 15) is 9.59 Å². The van der Waals surface area contributed by atoms with Gasteiger partial charge in [-0.15, -0.1) is 17.8 Å². The number of ether oxygens (including phenoxy) is 3. The quantitative estimate of drug-likeness (QED) is 0.122. The van der Waals surface area contributed by atoms with Crippen molar-refractivity contribution in [2.75, 3.05) is 51.1 Å². The Balaban J connectivity index is 1.14. The fourth-order valence-corrected chi connectivity index (χ4v) is 6.82. The van der Waals surface area contributed by atoms with E-state index in [1.807, 2.05) is 92.6 Å². The lowest BCUT2D eigenvalue weighted by molar-refractivity contribution is 0.0224. The standard InChI is InChI=1S/C37H32N4O5S/c1-6-34-39-30-15-11-25(21-33(30)47-34)44-17-7-16-38-35(42)22-8-12-26-29(18-22)37(46-36(26)43)27-13-9-23(40(2)3)19-31(27)45-32-20-24(41(4)5)10-14-28(32)37/h1,8-15,18-21H,7,16-17H2,2-5H3,(H,38,42). The third kappa shape index (κ3) is 5.19. The van der Waals surface area contributed by atoms with E-state index in [1.54, 1.807) is 18.2 Å². The fraction of sp³-hybridized carbons (Fsp3) is 0.216. The van der Waals surface area contributed by atoms with E-state index in [0.717, 1.165) is 27.3 Å². The zero-order valence-corrected chi connectivity index (χ0v) is 27.2. The Morgan fingerprint density at radius 3 is 2.30 bits per heavy atom. The summed E-state index contributed by atoms with van der Waals surface area (Å²) in [5.41, 5.74) is 4.27. The molecule has 0 saturated carbocycles. The van der Waals surface area contributed by atoms with E-state index in [-0.39, 0.29) is 5.91 Å². The first kappa shape index (κ1) is 30.1. The predicted octanol–water partition coefficient (Wildman–Crippen LogP) is 6.18. The van der Waals surface area contributed by atoms with Gasteiger partial charge in [0.25, 0.3) is 5.91 Å². The van der Waals surface area contributed by atoms with Crippen molar-refractivity contribution in [3.63, 3.8) is 0 Å².